The molecule has 0 bridgehead atoms. The van der Waals surface area contributed by atoms with Crippen LogP contribution in [-0.2, 0) is 9.71 Å². The molecule has 1 atom stereocenters. The summed E-state index contributed by atoms with van der Waals surface area (Å²) in [6.07, 6.45) is 2.49. The van der Waals surface area contributed by atoms with E-state index in [1.54, 1.807) is 19.1 Å². The number of nitrogens with two attached hydrogens (primary N) is 1. The zero-order chi connectivity index (χ0) is 21.2. The fourth-order valence-electron chi connectivity index (χ4n) is 2.83. The van der Waals surface area contributed by atoms with Crippen LogP contribution in [0.2, 0.25) is 0 Å². The van der Waals surface area contributed by atoms with Crippen LogP contribution in [0.4, 0.5) is 20.4 Å². The number of methoxy groups -OCH3 is 1. The first-order valence-electron chi connectivity index (χ1n) is 8.51. The van der Waals surface area contributed by atoms with Gasteiger partial charge in [-0.25, -0.2) is 18.7 Å². The largest absolute Gasteiger partial charge is 0.496 e. The molecule has 0 radical (unpaired) electrons. The number of nitrogens with zero attached hydrogens (tertiary/aromatic N) is 2. The van der Waals surface area contributed by atoms with E-state index < -0.39 is 21.3 Å². The van der Waals surface area contributed by atoms with E-state index in [4.69, 9.17) is 9.88 Å². The molecule has 6 nitrogen and oxygen atoms in total. The van der Waals surface area contributed by atoms with E-state index in [0.29, 0.717) is 28.5 Å². The highest BCUT2D eigenvalue weighted by Gasteiger charge is 2.14. The van der Waals surface area contributed by atoms with E-state index in [-0.39, 0.29) is 11.3 Å². The van der Waals surface area contributed by atoms with Crippen molar-refractivity contribution in [2.45, 2.75) is 6.92 Å². The van der Waals surface area contributed by atoms with Crippen molar-refractivity contribution in [3.8, 4) is 16.9 Å². The van der Waals surface area contributed by atoms with E-state index in [1.807, 2.05) is 0 Å². The molecule has 0 aliphatic rings. The van der Waals surface area contributed by atoms with Crippen LogP contribution in [0.15, 0.2) is 42.6 Å². The molecule has 0 fully saturated rings. The van der Waals surface area contributed by atoms with Gasteiger partial charge >= 0.3 is 0 Å². The van der Waals surface area contributed by atoms with Crippen LogP contribution in [0.5, 0.6) is 5.75 Å². The van der Waals surface area contributed by atoms with Gasteiger partial charge in [-0.3, -0.25) is 9.35 Å². The summed E-state index contributed by atoms with van der Waals surface area (Å²) in [4.78, 5) is 8.39. The lowest BCUT2D eigenvalue weighted by atomic mass is 10.0. The van der Waals surface area contributed by atoms with Crippen molar-refractivity contribution in [3.63, 3.8) is 0 Å². The SMILES string of the molecule is COc1cc(F)ccc1-c1cc(Nc2cc(C=S(C)(N)=O)cc(C)n2)ncc1F. The number of rotatable bonds is 5. The maximum Gasteiger partial charge on any atom is 0.149 e. The molecule has 1 aromatic carbocycles. The first-order chi connectivity index (χ1) is 13.6. The Labute approximate surface area is 167 Å². The van der Waals surface area contributed by atoms with Crippen LogP contribution in [0.3, 0.4) is 0 Å². The Morgan fingerprint density at radius 1 is 1.14 bits per heavy atom. The summed E-state index contributed by atoms with van der Waals surface area (Å²) in [6, 6.07) is 8.73. The molecular formula is C20H20F2N4O2S. The quantitative estimate of drug-likeness (QED) is 0.620. The molecule has 2 heterocycles. The lowest BCUT2D eigenvalue weighted by molar-refractivity contribution is 0.412. The van der Waals surface area contributed by atoms with Crippen LogP contribution in [0.1, 0.15) is 11.3 Å². The number of pyridine rings is 2. The first-order valence-corrected chi connectivity index (χ1v) is 10.6. The number of aromatic nitrogens is 2. The number of hydrogen-bond donors (Lipinski definition) is 2. The standard InChI is InChI=1S/C20H20F2N4O2S/c1-12-6-13(11-29(3,23)27)7-20(25-12)26-19-9-16(17(22)10-24-19)15-5-4-14(21)8-18(15)28-2/h4-11H,1-3H3,(H2,23,27)(H,24,25,26). The van der Waals surface area contributed by atoms with E-state index in [0.717, 1.165) is 6.20 Å². The average Bonchev–Trinajstić information content (AvgIpc) is 2.61. The van der Waals surface area contributed by atoms with Crippen LogP contribution < -0.4 is 15.2 Å². The van der Waals surface area contributed by atoms with E-state index >= 15 is 0 Å². The summed E-state index contributed by atoms with van der Waals surface area (Å²) in [7, 11) is -1.20. The Kier molecular flexibility index (Phi) is 5.81. The molecule has 0 aliphatic heterocycles. The Morgan fingerprint density at radius 3 is 2.59 bits per heavy atom. The molecule has 2 aromatic heterocycles. The van der Waals surface area contributed by atoms with Crippen molar-refractivity contribution >= 4 is 26.7 Å². The Morgan fingerprint density at radius 2 is 1.90 bits per heavy atom. The van der Waals surface area contributed by atoms with Crippen molar-refractivity contribution in [2.75, 3.05) is 18.7 Å². The monoisotopic (exact) mass is 418 g/mol. The van der Waals surface area contributed by atoms with Gasteiger partial charge in [0.05, 0.1) is 13.3 Å². The fourth-order valence-corrected chi connectivity index (χ4v) is 3.51. The summed E-state index contributed by atoms with van der Waals surface area (Å²) in [5, 5.41) is 10.1. The summed E-state index contributed by atoms with van der Waals surface area (Å²) >= 11 is 0. The molecule has 0 saturated carbocycles. The second-order valence-electron chi connectivity index (χ2n) is 6.53. The molecule has 1 unspecified atom stereocenters. The zero-order valence-electron chi connectivity index (χ0n) is 16.1. The highest BCUT2D eigenvalue weighted by molar-refractivity contribution is 7.98. The molecular weight excluding hydrogens is 398 g/mol. The van der Waals surface area contributed by atoms with Crippen LogP contribution >= 0.6 is 0 Å². The van der Waals surface area contributed by atoms with E-state index in [9.17, 15) is 13.0 Å². The molecule has 29 heavy (non-hydrogen) atoms. The number of ether oxygens (including phenoxy) is 1. The number of aryl methyl sites for hydroxylation is 1. The molecule has 3 aromatic rings. The van der Waals surface area contributed by atoms with Crippen LogP contribution in [0.25, 0.3) is 11.1 Å². The van der Waals surface area contributed by atoms with Gasteiger partial charge in [0.1, 0.15) is 29.0 Å². The predicted molar refractivity (Wildman–Crippen MR) is 112 cm³/mol. The second-order valence-corrected chi connectivity index (χ2v) is 8.70. The smallest absolute Gasteiger partial charge is 0.149 e. The molecule has 0 amide bonds. The maximum absolute atomic E-state index is 14.4. The molecule has 0 spiro atoms. The van der Waals surface area contributed by atoms with Crippen molar-refractivity contribution in [3.05, 3.63) is 65.5 Å². The molecule has 0 saturated heterocycles. The Balaban J connectivity index is 2.01. The van der Waals surface area contributed by atoms with Gasteiger partial charge in [-0.05, 0) is 42.8 Å². The molecule has 152 valence electrons. The minimum absolute atomic E-state index is 0.192. The van der Waals surface area contributed by atoms with Crippen molar-refractivity contribution in [2.24, 2.45) is 5.14 Å². The van der Waals surface area contributed by atoms with Gasteiger partial charge < -0.3 is 10.1 Å². The van der Waals surface area contributed by atoms with Gasteiger partial charge in [-0.15, -0.1) is 0 Å². The number of benzene rings is 1. The first kappa shape index (κ1) is 20.7. The van der Waals surface area contributed by atoms with E-state index in [2.05, 4.69) is 15.3 Å². The summed E-state index contributed by atoms with van der Waals surface area (Å²) in [5.74, 6) is -0.121. The topological polar surface area (TPSA) is 90.1 Å². The minimum atomic E-state index is -2.58. The minimum Gasteiger partial charge on any atom is -0.496 e. The van der Waals surface area contributed by atoms with Gasteiger partial charge in [0, 0.05) is 44.2 Å². The number of anilines is 2. The highest BCUT2D eigenvalue weighted by atomic mass is 32.2. The molecule has 3 rings (SSSR count). The van der Waals surface area contributed by atoms with E-state index in [1.165, 1.54) is 43.0 Å². The van der Waals surface area contributed by atoms with Gasteiger partial charge in [-0.2, -0.15) is 0 Å². The maximum atomic E-state index is 14.4. The van der Waals surface area contributed by atoms with Crippen molar-refractivity contribution in [1.82, 2.24) is 9.97 Å². The average molecular weight is 418 g/mol. The lowest BCUT2D eigenvalue weighted by Gasteiger charge is -2.12. The third-order valence-electron chi connectivity index (χ3n) is 3.91. The van der Waals surface area contributed by atoms with Crippen LogP contribution in [-0.4, -0.2) is 32.9 Å². The van der Waals surface area contributed by atoms with Crippen molar-refractivity contribution < 1.29 is 17.7 Å². The number of hydrogen-bond acceptors (Lipinski definition) is 5. The van der Waals surface area contributed by atoms with Crippen LogP contribution in [0, 0.1) is 18.6 Å². The fraction of sp³-hybridized carbons (Fsp3) is 0.150. The van der Waals surface area contributed by atoms with Crippen molar-refractivity contribution in [1.29, 1.82) is 0 Å². The second kappa shape index (κ2) is 8.14. The van der Waals surface area contributed by atoms with Gasteiger partial charge in [0.15, 0.2) is 0 Å². The summed E-state index contributed by atoms with van der Waals surface area (Å²) in [6.45, 7) is 1.78. The summed E-state index contributed by atoms with van der Waals surface area (Å²) in [5.41, 5.74) is 1.89. The predicted octanol–water partition coefficient (Wildman–Crippen LogP) is 3.42. The highest BCUT2D eigenvalue weighted by Crippen LogP contribution is 2.33. The third-order valence-corrected chi connectivity index (χ3v) is 4.65. The lowest BCUT2D eigenvalue weighted by Crippen LogP contribution is -2.13. The normalized spacial score (nSPS) is 12.9. The van der Waals surface area contributed by atoms with Gasteiger partial charge in [0.2, 0.25) is 0 Å². The molecule has 0 aliphatic carbocycles. The van der Waals surface area contributed by atoms with Gasteiger partial charge in [-0.1, -0.05) is 0 Å². The van der Waals surface area contributed by atoms with Gasteiger partial charge in [0.25, 0.3) is 0 Å². The third kappa shape index (κ3) is 5.27. The number of nitrogens with one attached hydrogen (secondary N) is 1. The number of halogens is 2. The molecule has 3 N–H and O–H groups in total. The Bertz CT molecular complexity index is 1180. The molecule has 9 heteroatoms. The summed E-state index contributed by atoms with van der Waals surface area (Å²) < 4.78 is 44.9. The Hall–Kier alpha value is -3.04. The zero-order valence-corrected chi connectivity index (χ0v) is 16.9.